The summed E-state index contributed by atoms with van der Waals surface area (Å²) >= 11 is 0. The number of nitrogen functional groups attached to an aromatic ring is 1. The topological polar surface area (TPSA) is 338 Å². The lowest BCUT2D eigenvalue weighted by Crippen LogP contribution is -2.60. The van der Waals surface area contributed by atoms with E-state index in [1.54, 1.807) is 42.5 Å². The zero-order valence-electron chi connectivity index (χ0n) is 39.9. The summed E-state index contributed by atoms with van der Waals surface area (Å²) in [5.41, 5.74) is 14.2. The number of anilines is 2. The first kappa shape index (κ1) is 57.6. The number of carboxylic acids is 1. The van der Waals surface area contributed by atoms with Crippen molar-refractivity contribution in [2.45, 2.75) is 88.0 Å². The number of aliphatic carboxylic acids is 1. The first-order valence-electron chi connectivity index (χ1n) is 23.5. The van der Waals surface area contributed by atoms with Gasteiger partial charge in [-0.15, -0.1) is 0 Å². The van der Waals surface area contributed by atoms with E-state index in [-0.39, 0.29) is 49.3 Å². The van der Waals surface area contributed by atoms with Gasteiger partial charge in [0.1, 0.15) is 36.2 Å². The van der Waals surface area contributed by atoms with Gasteiger partial charge in [-0.1, -0.05) is 18.9 Å². The molecule has 4 heterocycles. The largest absolute Gasteiger partial charge is 0.490 e. The molecule has 22 nitrogen and oxygen atoms in total. The molecule has 6 rings (SSSR count). The number of amides is 6. The molecule has 1 aromatic heterocycles. The summed E-state index contributed by atoms with van der Waals surface area (Å²) in [5.74, 6) is -5.13. The Labute approximate surface area is 422 Å². The van der Waals surface area contributed by atoms with E-state index in [0.717, 1.165) is 54.7 Å². The second kappa shape index (κ2) is 27.1. The molecule has 3 aliphatic heterocycles. The van der Waals surface area contributed by atoms with Gasteiger partial charge < -0.3 is 67.3 Å². The van der Waals surface area contributed by atoms with Crippen LogP contribution in [0.1, 0.15) is 60.0 Å². The Balaban J connectivity index is 0.00000135. The normalized spacial score (nSPS) is 20.4. The third-order valence-electron chi connectivity index (χ3n) is 12.0. The number of nitrogens with zero attached hydrogens (tertiary/aromatic N) is 3. The minimum absolute atomic E-state index is 0.00376. The third kappa shape index (κ3) is 16.6. The van der Waals surface area contributed by atoms with Crippen LogP contribution in [0.25, 0.3) is 6.08 Å². The van der Waals surface area contributed by atoms with Crippen molar-refractivity contribution in [3.63, 3.8) is 0 Å². The summed E-state index contributed by atoms with van der Waals surface area (Å²) in [5, 5.41) is 56.2. The minimum Gasteiger partial charge on any atom is -0.475 e. The fraction of sp³-hybridized carbons (Fsp3) is 0.429. The number of benzene rings is 2. The smallest absolute Gasteiger partial charge is 0.475 e. The molecule has 12 N–H and O–H groups in total. The van der Waals surface area contributed by atoms with E-state index in [2.05, 4.69) is 16.0 Å². The Morgan fingerprint density at radius 2 is 1.62 bits per heavy atom. The first-order valence-corrected chi connectivity index (χ1v) is 23.5. The number of halogens is 3. The summed E-state index contributed by atoms with van der Waals surface area (Å²) in [4.78, 5) is 87.3. The van der Waals surface area contributed by atoms with E-state index >= 15 is 0 Å². The molecule has 6 atom stereocenters. The number of ether oxygens (including phenoxy) is 2. The average Bonchev–Trinajstić information content (AvgIpc) is 3.70. The number of piperidine rings is 1. The molecule has 1 unspecified atom stereocenters. The lowest BCUT2D eigenvalue weighted by Gasteiger charge is -2.39. The molecule has 2 saturated heterocycles. The zero-order chi connectivity index (χ0) is 54.1. The highest BCUT2D eigenvalue weighted by Gasteiger charge is 2.45. The molecule has 400 valence electrons. The first-order chi connectivity index (χ1) is 35.2. The van der Waals surface area contributed by atoms with Crippen LogP contribution in [0.15, 0.2) is 85.2 Å². The molecule has 2 fully saturated rings. The van der Waals surface area contributed by atoms with Gasteiger partial charge in [0.25, 0.3) is 17.7 Å². The van der Waals surface area contributed by atoms with E-state index in [0.29, 0.717) is 42.4 Å². The van der Waals surface area contributed by atoms with Crippen LogP contribution in [0.5, 0.6) is 5.75 Å². The Morgan fingerprint density at radius 1 is 0.919 bits per heavy atom. The maximum atomic E-state index is 13.3. The minimum atomic E-state index is -5.08. The van der Waals surface area contributed by atoms with Gasteiger partial charge in [0.15, 0.2) is 18.9 Å². The standard InChI is InChI=1S/C47H58N8O12.C2HF3O2/c48-25-35(55-40(59)13-14-41(55)60)45(64)51-19-15-39(58)52-34-23-31(9-11-36(34)66-47-44(63)43(62)42(61)37(28-56)67-47)27-53-20-4-6-30(26-53)10-12-38(57)50-18-2-1-5-29-16-21-54(22-17-29)46(65)32-7-3-8-33(49)24-32;3-2(4,5)1(6)7/h3-4,6-14,20,23-24,26,29,35,37,42-44,47,56,61-63H,1-2,5,15-19,21-22,25,27-28,48-49H2,(H2-,50,51,52,57,58,64);(H,6,7)/p+1/b12-10+;/t35?,37-,42-,43+,44+,47+;/m1./s1. The number of likely N-dealkylation sites (tertiary alicyclic amines) is 1. The zero-order valence-corrected chi connectivity index (χ0v) is 39.9. The number of hydrogen-bond acceptors (Lipinski definition) is 15. The number of nitrogens with one attached hydrogen (secondary N) is 3. The molecule has 0 radical (unpaired) electrons. The second-order valence-corrected chi connectivity index (χ2v) is 17.5. The van der Waals surface area contributed by atoms with Crippen LogP contribution in [-0.4, -0.2) is 159 Å². The van der Waals surface area contributed by atoms with Crippen LogP contribution in [0.3, 0.4) is 0 Å². The number of carboxylic acid groups (broad SMARTS) is 1. The summed E-state index contributed by atoms with van der Waals surface area (Å²) in [6, 6.07) is 14.2. The molecule has 6 amide bonds. The number of aromatic nitrogens is 1. The van der Waals surface area contributed by atoms with Crippen LogP contribution in [0.2, 0.25) is 0 Å². The molecule has 3 aromatic rings. The summed E-state index contributed by atoms with van der Waals surface area (Å²) in [7, 11) is 0. The number of alkyl halides is 3. The van der Waals surface area contributed by atoms with E-state index in [1.165, 1.54) is 12.1 Å². The molecule has 0 aliphatic carbocycles. The van der Waals surface area contributed by atoms with Crippen molar-refractivity contribution in [2.24, 2.45) is 11.7 Å². The van der Waals surface area contributed by atoms with Gasteiger partial charge in [0.2, 0.25) is 24.0 Å². The van der Waals surface area contributed by atoms with Gasteiger partial charge in [0.05, 0.1) is 12.3 Å². The summed E-state index contributed by atoms with van der Waals surface area (Å²) in [6.45, 7) is 1.03. The van der Waals surface area contributed by atoms with E-state index in [9.17, 15) is 62.4 Å². The second-order valence-electron chi connectivity index (χ2n) is 17.5. The number of imide groups is 1. The van der Waals surface area contributed by atoms with Crippen LogP contribution in [0.4, 0.5) is 24.5 Å². The van der Waals surface area contributed by atoms with Gasteiger partial charge in [-0.05, 0) is 73.7 Å². The van der Waals surface area contributed by atoms with Crippen LogP contribution < -0.4 is 36.7 Å². The number of pyridine rings is 1. The maximum Gasteiger partial charge on any atom is 0.490 e. The molecule has 0 saturated carbocycles. The number of aliphatic hydroxyl groups is 4. The fourth-order valence-electron chi connectivity index (χ4n) is 8.07. The Hall–Kier alpha value is -7.29. The molecular formula is C49H60F3N8O14+. The summed E-state index contributed by atoms with van der Waals surface area (Å²) in [6.07, 6.45) is 0.343. The number of carbonyl (C=O) groups is 7. The van der Waals surface area contributed by atoms with Crippen molar-refractivity contribution in [2.75, 3.05) is 50.4 Å². The van der Waals surface area contributed by atoms with Crippen LogP contribution >= 0.6 is 0 Å². The SMILES string of the molecule is NCC(C(=O)NCCC(=O)Nc1cc(C[n+]2cccc(/C=C/C(=O)NCCCCC3CCN(C(=O)c4cccc(N)c4)CC3)c2)ccc1O[C@H]1O[C@H](CO)[C@@H](O)[C@H](O)[C@@H]1O)N1C(=O)C=CC1=O.O=C(O)C(F)(F)F. The highest BCUT2D eigenvalue weighted by atomic mass is 19.4. The molecule has 0 spiro atoms. The van der Waals surface area contributed by atoms with Gasteiger partial charge in [-0.25, -0.2) is 9.36 Å². The lowest BCUT2D eigenvalue weighted by atomic mass is 9.91. The quantitative estimate of drug-likeness (QED) is 0.0234. The average molecular weight is 1040 g/mol. The molecule has 74 heavy (non-hydrogen) atoms. The van der Waals surface area contributed by atoms with Crippen molar-refractivity contribution >= 4 is 58.9 Å². The van der Waals surface area contributed by atoms with Gasteiger partial charge in [-0.2, -0.15) is 13.2 Å². The summed E-state index contributed by atoms with van der Waals surface area (Å²) < 4.78 is 45.0. The number of nitrogens with two attached hydrogens (primary N) is 2. The molecule has 2 aromatic carbocycles. The molecule has 0 bridgehead atoms. The van der Waals surface area contributed by atoms with Crippen LogP contribution in [-0.2, 0) is 40.0 Å². The van der Waals surface area contributed by atoms with Gasteiger partial charge >= 0.3 is 12.1 Å². The van der Waals surface area contributed by atoms with E-state index < -0.39 is 79.1 Å². The van der Waals surface area contributed by atoms with Crippen molar-refractivity contribution in [3.05, 3.63) is 102 Å². The number of aliphatic hydroxyl groups excluding tert-OH is 4. The fourth-order valence-corrected chi connectivity index (χ4v) is 8.07. The van der Waals surface area contributed by atoms with Crippen molar-refractivity contribution < 1.29 is 86.3 Å². The Kier molecular flexibility index (Phi) is 21.1. The van der Waals surface area contributed by atoms with Gasteiger partial charge in [0, 0.05) is 85.8 Å². The highest BCUT2D eigenvalue weighted by Crippen LogP contribution is 2.31. The number of rotatable bonds is 20. The Bertz CT molecular complexity index is 2520. The predicted molar refractivity (Wildman–Crippen MR) is 256 cm³/mol. The molecule has 3 aliphatic rings. The lowest BCUT2D eigenvalue weighted by molar-refractivity contribution is -0.688. The van der Waals surface area contributed by atoms with Crippen molar-refractivity contribution in [1.82, 2.24) is 20.4 Å². The van der Waals surface area contributed by atoms with Crippen LogP contribution in [0, 0.1) is 5.92 Å². The molecule has 25 heteroatoms. The van der Waals surface area contributed by atoms with E-state index in [4.69, 9.17) is 30.8 Å². The van der Waals surface area contributed by atoms with Crippen molar-refractivity contribution in [3.8, 4) is 5.75 Å². The monoisotopic (exact) mass is 1040 g/mol. The number of hydrogen-bond donors (Lipinski definition) is 10. The number of unbranched alkanes of at least 4 members (excludes halogenated alkanes) is 1. The number of carbonyl (C=O) groups excluding carboxylic acids is 6. The van der Waals surface area contributed by atoms with E-state index in [1.807, 2.05) is 34.0 Å². The highest BCUT2D eigenvalue weighted by molar-refractivity contribution is 6.15. The predicted octanol–water partition coefficient (Wildman–Crippen LogP) is -0.0342. The maximum absolute atomic E-state index is 13.3. The molecular weight excluding hydrogens is 982 g/mol. The Morgan fingerprint density at radius 3 is 2.27 bits per heavy atom. The third-order valence-corrected chi connectivity index (χ3v) is 12.0. The van der Waals surface area contributed by atoms with Gasteiger partial charge in [-0.3, -0.25) is 33.7 Å². The van der Waals surface area contributed by atoms with Crippen molar-refractivity contribution in [1.29, 1.82) is 0 Å².